The van der Waals surface area contributed by atoms with Crippen molar-refractivity contribution in [3.05, 3.63) is 71.1 Å². The zero-order valence-electron chi connectivity index (χ0n) is 10.7. The van der Waals surface area contributed by atoms with Crippen LogP contribution in [-0.4, -0.2) is 5.97 Å². The highest BCUT2D eigenvalue weighted by atomic mass is 19.2. The van der Waals surface area contributed by atoms with Gasteiger partial charge in [-0.1, -0.05) is 30.3 Å². The van der Waals surface area contributed by atoms with E-state index in [9.17, 15) is 26.7 Å². The van der Waals surface area contributed by atoms with Crippen molar-refractivity contribution in [2.75, 3.05) is 0 Å². The number of hydrogen-bond acceptors (Lipinski definition) is 2. The fourth-order valence-corrected chi connectivity index (χ4v) is 1.54. The third kappa shape index (κ3) is 3.13. The van der Waals surface area contributed by atoms with Crippen LogP contribution in [0.15, 0.2) is 36.4 Å². The van der Waals surface area contributed by atoms with E-state index in [1.54, 1.807) is 30.3 Å². The second-order valence-corrected chi connectivity index (χ2v) is 4.06. The summed E-state index contributed by atoms with van der Waals surface area (Å²) in [5.41, 5.74) is 0.580. The Morgan fingerprint density at radius 3 is 1.86 bits per heavy atom. The SMILES string of the molecule is O=C(/C=C/c1ccccc1)Oc1c(F)c(F)c(F)c(F)c1F. The summed E-state index contributed by atoms with van der Waals surface area (Å²) in [5.74, 6) is -14.0. The summed E-state index contributed by atoms with van der Waals surface area (Å²) in [4.78, 5) is 11.4. The first-order valence-electron chi connectivity index (χ1n) is 5.88. The summed E-state index contributed by atoms with van der Waals surface area (Å²) in [5, 5.41) is 0. The predicted molar refractivity (Wildman–Crippen MR) is 67.3 cm³/mol. The van der Waals surface area contributed by atoms with Gasteiger partial charge in [0.2, 0.25) is 34.8 Å². The van der Waals surface area contributed by atoms with Gasteiger partial charge >= 0.3 is 5.97 Å². The van der Waals surface area contributed by atoms with Crippen molar-refractivity contribution in [3.8, 4) is 5.75 Å². The molecule has 0 saturated carbocycles. The van der Waals surface area contributed by atoms with E-state index in [1.165, 1.54) is 6.08 Å². The number of esters is 1. The fourth-order valence-electron chi connectivity index (χ4n) is 1.54. The lowest BCUT2D eigenvalue weighted by Crippen LogP contribution is -2.11. The number of carbonyl (C=O) groups excluding carboxylic acids is 1. The fraction of sp³-hybridized carbons (Fsp3) is 0. The topological polar surface area (TPSA) is 26.3 Å². The van der Waals surface area contributed by atoms with Gasteiger partial charge in [0, 0.05) is 6.08 Å². The van der Waals surface area contributed by atoms with Crippen molar-refractivity contribution in [3.63, 3.8) is 0 Å². The minimum absolute atomic E-state index is 0.580. The van der Waals surface area contributed by atoms with E-state index in [1.807, 2.05) is 0 Å². The third-order valence-corrected chi connectivity index (χ3v) is 2.58. The maximum Gasteiger partial charge on any atom is 0.336 e. The van der Waals surface area contributed by atoms with Crippen LogP contribution < -0.4 is 4.74 Å². The largest absolute Gasteiger partial charge is 0.417 e. The molecule has 0 aromatic heterocycles. The number of halogens is 5. The average Bonchev–Trinajstić information content (AvgIpc) is 2.54. The van der Waals surface area contributed by atoms with Crippen LogP contribution in [-0.2, 0) is 4.79 Å². The molecule has 2 aromatic rings. The molecule has 0 amide bonds. The van der Waals surface area contributed by atoms with Gasteiger partial charge in [-0.05, 0) is 11.6 Å². The van der Waals surface area contributed by atoms with Gasteiger partial charge in [0.25, 0.3) is 0 Å². The highest BCUT2D eigenvalue weighted by Gasteiger charge is 2.28. The van der Waals surface area contributed by atoms with Crippen LogP contribution in [0.25, 0.3) is 6.08 Å². The molecule has 2 nitrogen and oxygen atoms in total. The van der Waals surface area contributed by atoms with Crippen LogP contribution in [0.3, 0.4) is 0 Å². The Morgan fingerprint density at radius 1 is 0.818 bits per heavy atom. The zero-order valence-corrected chi connectivity index (χ0v) is 10.7. The van der Waals surface area contributed by atoms with Crippen molar-refractivity contribution in [2.24, 2.45) is 0 Å². The van der Waals surface area contributed by atoms with E-state index in [0.29, 0.717) is 5.56 Å². The summed E-state index contributed by atoms with van der Waals surface area (Å²) >= 11 is 0. The van der Waals surface area contributed by atoms with Gasteiger partial charge in [-0.3, -0.25) is 0 Å². The number of rotatable bonds is 3. The van der Waals surface area contributed by atoms with Crippen LogP contribution in [0, 0.1) is 29.1 Å². The van der Waals surface area contributed by atoms with Gasteiger partial charge in [-0.2, -0.15) is 8.78 Å². The molecule has 0 aliphatic heterocycles. The maximum absolute atomic E-state index is 13.3. The Morgan fingerprint density at radius 2 is 1.32 bits per heavy atom. The molecule has 2 rings (SSSR count). The van der Waals surface area contributed by atoms with Crippen molar-refractivity contribution in [1.29, 1.82) is 0 Å². The minimum atomic E-state index is -2.32. The van der Waals surface area contributed by atoms with Crippen molar-refractivity contribution in [1.82, 2.24) is 0 Å². The predicted octanol–water partition coefficient (Wildman–Crippen LogP) is 4.00. The summed E-state index contributed by atoms with van der Waals surface area (Å²) in [6.45, 7) is 0. The molecule has 0 bridgehead atoms. The molecule has 0 fully saturated rings. The molecule has 22 heavy (non-hydrogen) atoms. The second kappa shape index (κ2) is 6.38. The normalized spacial score (nSPS) is 11.0. The van der Waals surface area contributed by atoms with E-state index >= 15 is 0 Å². The lowest BCUT2D eigenvalue weighted by Gasteiger charge is -2.07. The first kappa shape index (κ1) is 15.7. The summed E-state index contributed by atoms with van der Waals surface area (Å²) in [7, 11) is 0. The Labute approximate surface area is 121 Å². The molecule has 114 valence electrons. The lowest BCUT2D eigenvalue weighted by molar-refractivity contribution is -0.129. The summed E-state index contributed by atoms with van der Waals surface area (Å²) in [6.07, 6.45) is 2.06. The second-order valence-electron chi connectivity index (χ2n) is 4.06. The maximum atomic E-state index is 13.3. The van der Waals surface area contributed by atoms with E-state index in [2.05, 4.69) is 4.74 Å². The first-order chi connectivity index (χ1) is 10.4. The van der Waals surface area contributed by atoms with Gasteiger partial charge in [0.15, 0.2) is 0 Å². The van der Waals surface area contributed by atoms with Gasteiger partial charge in [-0.25, -0.2) is 18.0 Å². The van der Waals surface area contributed by atoms with Crippen molar-refractivity contribution < 1.29 is 31.5 Å². The van der Waals surface area contributed by atoms with Crippen LogP contribution in [0.1, 0.15) is 5.56 Å². The van der Waals surface area contributed by atoms with Crippen LogP contribution in [0.4, 0.5) is 22.0 Å². The van der Waals surface area contributed by atoms with Gasteiger partial charge < -0.3 is 4.74 Å². The average molecular weight is 314 g/mol. The van der Waals surface area contributed by atoms with E-state index in [-0.39, 0.29) is 0 Å². The third-order valence-electron chi connectivity index (χ3n) is 2.58. The monoisotopic (exact) mass is 314 g/mol. The number of ether oxygens (including phenoxy) is 1. The Kier molecular flexibility index (Phi) is 4.55. The van der Waals surface area contributed by atoms with Crippen molar-refractivity contribution in [2.45, 2.75) is 0 Å². The zero-order chi connectivity index (χ0) is 16.3. The summed E-state index contributed by atoms with van der Waals surface area (Å²) < 4.78 is 69.5. The molecule has 0 saturated heterocycles. The highest BCUT2D eigenvalue weighted by Crippen LogP contribution is 2.29. The summed E-state index contributed by atoms with van der Waals surface area (Å²) in [6, 6.07) is 8.33. The standard InChI is InChI=1S/C15H7F5O2/c16-10-11(17)13(19)15(14(20)12(10)18)22-9(21)7-6-8-4-2-1-3-5-8/h1-7H/b7-6+. The molecule has 2 aromatic carbocycles. The number of carbonyl (C=O) groups is 1. The molecule has 0 radical (unpaired) electrons. The van der Waals surface area contributed by atoms with Crippen LogP contribution >= 0.6 is 0 Å². The van der Waals surface area contributed by atoms with Crippen molar-refractivity contribution >= 4 is 12.0 Å². The molecule has 0 aliphatic rings. The Hall–Kier alpha value is -2.70. The first-order valence-corrected chi connectivity index (χ1v) is 5.88. The van der Waals surface area contributed by atoms with E-state index in [4.69, 9.17) is 0 Å². The molecule has 0 atom stereocenters. The smallest absolute Gasteiger partial charge is 0.336 e. The Bertz CT molecular complexity index is 712. The molecular formula is C15H7F5O2. The lowest BCUT2D eigenvalue weighted by atomic mass is 10.2. The number of hydrogen-bond donors (Lipinski definition) is 0. The van der Waals surface area contributed by atoms with E-state index < -0.39 is 40.8 Å². The molecular weight excluding hydrogens is 307 g/mol. The highest BCUT2D eigenvalue weighted by molar-refractivity contribution is 5.88. The number of benzene rings is 2. The van der Waals surface area contributed by atoms with Gasteiger partial charge in [0.05, 0.1) is 0 Å². The van der Waals surface area contributed by atoms with E-state index in [0.717, 1.165) is 6.08 Å². The van der Waals surface area contributed by atoms with Gasteiger partial charge in [-0.15, -0.1) is 0 Å². The van der Waals surface area contributed by atoms with Crippen LogP contribution in [0.2, 0.25) is 0 Å². The minimum Gasteiger partial charge on any atom is -0.417 e. The quantitative estimate of drug-likeness (QED) is 0.214. The molecule has 7 heteroatoms. The van der Waals surface area contributed by atoms with Crippen LogP contribution in [0.5, 0.6) is 5.75 Å². The Balaban J connectivity index is 2.24. The molecule has 0 heterocycles. The molecule has 0 N–H and O–H groups in total. The molecule has 0 spiro atoms. The molecule has 0 unspecified atom stereocenters. The van der Waals surface area contributed by atoms with Gasteiger partial charge in [0.1, 0.15) is 0 Å². The molecule has 0 aliphatic carbocycles.